The minimum atomic E-state index is 0.0121. The second-order valence-corrected chi connectivity index (χ2v) is 2.17. The van der Waals surface area contributed by atoms with Gasteiger partial charge >= 0.3 is 0 Å². The van der Waals surface area contributed by atoms with Crippen molar-refractivity contribution in [2.24, 2.45) is 0 Å². The minimum Gasteiger partial charge on any atom is -0.383 e. The van der Waals surface area contributed by atoms with E-state index in [0.29, 0.717) is 5.56 Å². The lowest BCUT2D eigenvalue weighted by atomic mass is 10.3. The van der Waals surface area contributed by atoms with Crippen LogP contribution in [0.25, 0.3) is 0 Å². The maximum absolute atomic E-state index is 6.89. The fourth-order valence-corrected chi connectivity index (χ4v) is 0.847. The molecule has 0 fully saturated rings. The topological polar surface area (TPSA) is 102 Å². The lowest BCUT2D eigenvalue weighted by Crippen LogP contribution is -2.04. The number of nitrogens with two attached hydrogens (primary N) is 2. The van der Waals surface area contributed by atoms with Crippen LogP contribution >= 0.6 is 11.6 Å². The molecular weight excluding hydrogens is 166 g/mol. The smallest absolute Gasteiger partial charge is 0.223 e. The number of anilines is 2. The van der Waals surface area contributed by atoms with Crippen molar-refractivity contribution >= 4 is 29.6 Å². The monoisotopic (exact) mass is 171 g/mol. The molecule has 0 spiro atoms. The van der Waals surface area contributed by atoms with Gasteiger partial charge in [-0.15, -0.1) is 0 Å². The standard InChI is InChI=1S/C5H6ClN5/c6-3-2(1-7)4(8)11-5(9)10-3/h1,7H,(H4,8,9,10,11). The summed E-state index contributed by atoms with van der Waals surface area (Å²) < 4.78 is 0. The molecule has 5 nitrogen and oxygen atoms in total. The summed E-state index contributed by atoms with van der Waals surface area (Å²) in [5, 5.41) is 6.99. The second kappa shape index (κ2) is 2.71. The van der Waals surface area contributed by atoms with E-state index in [1.54, 1.807) is 0 Å². The van der Waals surface area contributed by atoms with E-state index in [1.807, 2.05) is 0 Å². The number of hydrogen-bond acceptors (Lipinski definition) is 5. The van der Waals surface area contributed by atoms with Crippen molar-refractivity contribution in [2.75, 3.05) is 11.5 Å². The van der Waals surface area contributed by atoms with Crippen molar-refractivity contribution in [3.63, 3.8) is 0 Å². The average molecular weight is 172 g/mol. The van der Waals surface area contributed by atoms with Crippen LogP contribution < -0.4 is 11.5 Å². The Labute approximate surface area is 67.9 Å². The number of nitrogens with one attached hydrogen (secondary N) is 1. The molecule has 1 heterocycles. The Morgan fingerprint density at radius 1 is 1.36 bits per heavy atom. The fraction of sp³-hybridized carbons (Fsp3) is 0. The fourth-order valence-electron chi connectivity index (χ4n) is 0.609. The van der Waals surface area contributed by atoms with Crippen LogP contribution in [-0.4, -0.2) is 16.2 Å². The van der Waals surface area contributed by atoms with E-state index in [4.69, 9.17) is 28.5 Å². The van der Waals surface area contributed by atoms with Gasteiger partial charge in [-0.05, 0) is 0 Å². The number of halogens is 1. The summed E-state index contributed by atoms with van der Waals surface area (Å²) >= 11 is 5.57. The van der Waals surface area contributed by atoms with Gasteiger partial charge in [0.1, 0.15) is 11.0 Å². The Morgan fingerprint density at radius 2 is 2.00 bits per heavy atom. The van der Waals surface area contributed by atoms with Crippen molar-refractivity contribution in [3.8, 4) is 0 Å². The Hall–Kier alpha value is -1.36. The largest absolute Gasteiger partial charge is 0.383 e. The summed E-state index contributed by atoms with van der Waals surface area (Å²) in [6, 6.07) is 0. The first-order valence-corrected chi connectivity index (χ1v) is 3.12. The van der Waals surface area contributed by atoms with Crippen LogP contribution in [0.4, 0.5) is 11.8 Å². The molecule has 0 saturated carbocycles. The Bertz CT molecular complexity index is 274. The number of hydrogen-bond donors (Lipinski definition) is 3. The molecule has 6 heteroatoms. The zero-order chi connectivity index (χ0) is 8.43. The predicted octanol–water partition coefficient (Wildman–Crippen LogP) is 0.292. The van der Waals surface area contributed by atoms with Gasteiger partial charge in [0, 0.05) is 6.21 Å². The molecule has 0 aromatic carbocycles. The van der Waals surface area contributed by atoms with Gasteiger partial charge in [-0.1, -0.05) is 11.6 Å². The van der Waals surface area contributed by atoms with Crippen molar-refractivity contribution in [1.29, 1.82) is 5.41 Å². The maximum atomic E-state index is 6.89. The molecule has 1 rings (SSSR count). The van der Waals surface area contributed by atoms with Gasteiger partial charge in [0.05, 0.1) is 5.56 Å². The van der Waals surface area contributed by atoms with Crippen molar-refractivity contribution < 1.29 is 0 Å². The molecule has 0 aliphatic carbocycles. The van der Waals surface area contributed by atoms with Crippen LogP contribution in [0.5, 0.6) is 0 Å². The van der Waals surface area contributed by atoms with E-state index in [9.17, 15) is 0 Å². The summed E-state index contributed by atoms with van der Waals surface area (Å²) in [5.74, 6) is 0.135. The van der Waals surface area contributed by atoms with E-state index in [0.717, 1.165) is 6.21 Å². The SMILES string of the molecule is N=Cc1c(N)nc(N)nc1Cl. The highest BCUT2D eigenvalue weighted by atomic mass is 35.5. The van der Waals surface area contributed by atoms with Crippen molar-refractivity contribution in [2.45, 2.75) is 0 Å². The zero-order valence-electron chi connectivity index (χ0n) is 5.50. The van der Waals surface area contributed by atoms with Crippen LogP contribution in [0.15, 0.2) is 0 Å². The third-order valence-electron chi connectivity index (χ3n) is 1.09. The van der Waals surface area contributed by atoms with Crippen LogP contribution in [0.1, 0.15) is 5.56 Å². The first kappa shape index (κ1) is 7.74. The predicted molar refractivity (Wildman–Crippen MR) is 43.8 cm³/mol. The molecule has 0 unspecified atom stereocenters. The van der Waals surface area contributed by atoms with Gasteiger partial charge in [-0.25, -0.2) is 4.98 Å². The summed E-state index contributed by atoms with van der Waals surface area (Å²) in [6.07, 6.45) is 0.983. The highest BCUT2D eigenvalue weighted by Gasteiger charge is 2.05. The number of nitrogens with zero attached hydrogens (tertiary/aromatic N) is 2. The zero-order valence-corrected chi connectivity index (χ0v) is 6.26. The van der Waals surface area contributed by atoms with E-state index in [1.165, 1.54) is 0 Å². The summed E-state index contributed by atoms with van der Waals surface area (Å²) in [5.41, 5.74) is 10.9. The molecule has 0 aliphatic rings. The lowest BCUT2D eigenvalue weighted by Gasteiger charge is -2.00. The molecule has 0 amide bonds. The molecule has 0 aliphatic heterocycles. The van der Waals surface area contributed by atoms with Crippen LogP contribution in [0, 0.1) is 5.41 Å². The van der Waals surface area contributed by atoms with E-state index < -0.39 is 0 Å². The molecule has 5 N–H and O–H groups in total. The molecule has 11 heavy (non-hydrogen) atoms. The van der Waals surface area contributed by atoms with Crippen LogP contribution in [0.3, 0.4) is 0 Å². The highest BCUT2D eigenvalue weighted by Crippen LogP contribution is 2.16. The van der Waals surface area contributed by atoms with Crippen LogP contribution in [0.2, 0.25) is 5.15 Å². The van der Waals surface area contributed by atoms with Gasteiger partial charge in [0.2, 0.25) is 5.95 Å². The molecular formula is C5H6ClN5. The molecule has 0 saturated heterocycles. The van der Waals surface area contributed by atoms with E-state index in [-0.39, 0.29) is 16.9 Å². The summed E-state index contributed by atoms with van der Waals surface area (Å²) in [4.78, 5) is 7.22. The normalized spacial score (nSPS) is 9.55. The molecule has 1 aromatic heterocycles. The van der Waals surface area contributed by atoms with Gasteiger partial charge < -0.3 is 16.9 Å². The first-order valence-electron chi connectivity index (χ1n) is 2.74. The van der Waals surface area contributed by atoms with Crippen LogP contribution in [-0.2, 0) is 0 Å². The second-order valence-electron chi connectivity index (χ2n) is 1.82. The summed E-state index contributed by atoms with van der Waals surface area (Å²) in [7, 11) is 0. The third kappa shape index (κ3) is 1.38. The maximum Gasteiger partial charge on any atom is 0.223 e. The molecule has 1 aromatic rings. The number of rotatable bonds is 1. The first-order chi connectivity index (χ1) is 5.15. The molecule has 0 bridgehead atoms. The number of nitrogen functional groups attached to an aromatic ring is 2. The minimum absolute atomic E-state index is 0.0121. The molecule has 58 valence electrons. The Kier molecular flexibility index (Phi) is 1.91. The van der Waals surface area contributed by atoms with Crippen molar-refractivity contribution in [1.82, 2.24) is 9.97 Å². The van der Waals surface area contributed by atoms with E-state index in [2.05, 4.69) is 9.97 Å². The molecule has 0 atom stereocenters. The Morgan fingerprint density at radius 3 is 2.45 bits per heavy atom. The third-order valence-corrected chi connectivity index (χ3v) is 1.38. The number of aromatic nitrogens is 2. The molecule has 0 radical (unpaired) electrons. The van der Waals surface area contributed by atoms with Gasteiger partial charge in [-0.2, -0.15) is 4.98 Å². The Balaban J connectivity index is 3.36. The van der Waals surface area contributed by atoms with E-state index >= 15 is 0 Å². The average Bonchev–Trinajstić information content (AvgIpc) is 1.85. The highest BCUT2D eigenvalue weighted by molar-refractivity contribution is 6.32. The quantitative estimate of drug-likeness (QED) is 0.418. The van der Waals surface area contributed by atoms with Gasteiger partial charge in [0.25, 0.3) is 0 Å². The van der Waals surface area contributed by atoms with Crippen molar-refractivity contribution in [3.05, 3.63) is 10.7 Å². The van der Waals surface area contributed by atoms with Gasteiger partial charge in [0.15, 0.2) is 0 Å². The summed E-state index contributed by atoms with van der Waals surface area (Å²) in [6.45, 7) is 0. The lowest BCUT2D eigenvalue weighted by molar-refractivity contribution is 1.19. The van der Waals surface area contributed by atoms with Gasteiger partial charge in [-0.3, -0.25) is 0 Å².